The maximum Gasteiger partial charge on any atom is 0.271 e. The number of hydrogen-bond acceptors (Lipinski definition) is 5. The molecule has 0 saturated heterocycles. The molecule has 4 rings (SSSR count). The van der Waals surface area contributed by atoms with Gasteiger partial charge in [0.2, 0.25) is 0 Å². The lowest BCUT2D eigenvalue weighted by atomic mass is 9.95. The number of hydrogen-bond donors (Lipinski definition) is 2. The summed E-state index contributed by atoms with van der Waals surface area (Å²) in [5.41, 5.74) is 2.87. The number of pyridine rings is 1. The van der Waals surface area contributed by atoms with E-state index in [0.29, 0.717) is 22.3 Å². The first-order chi connectivity index (χ1) is 14.4. The van der Waals surface area contributed by atoms with Crippen molar-refractivity contribution < 1.29 is 14.4 Å². The van der Waals surface area contributed by atoms with E-state index in [1.165, 1.54) is 24.3 Å². The van der Waals surface area contributed by atoms with E-state index < -0.39 is 11.0 Å². The van der Waals surface area contributed by atoms with Crippen LogP contribution in [0.15, 0.2) is 72.8 Å². The highest BCUT2D eigenvalue weighted by Gasteiger charge is 2.21. The van der Waals surface area contributed by atoms with Crippen molar-refractivity contribution in [2.45, 2.75) is 13.0 Å². The molecule has 0 spiro atoms. The highest BCUT2D eigenvalue weighted by Crippen LogP contribution is 2.37. The van der Waals surface area contributed by atoms with Crippen LogP contribution in [0.4, 0.5) is 15.8 Å². The van der Waals surface area contributed by atoms with E-state index in [-0.39, 0.29) is 17.3 Å². The van der Waals surface area contributed by atoms with Crippen LogP contribution in [-0.2, 0) is 0 Å². The molecule has 30 heavy (non-hydrogen) atoms. The predicted octanol–water partition coefficient (Wildman–Crippen LogP) is 5.50. The number of nitro groups is 1. The van der Waals surface area contributed by atoms with Crippen molar-refractivity contribution in [2.75, 3.05) is 5.32 Å². The summed E-state index contributed by atoms with van der Waals surface area (Å²) in [5.74, 6) is -0.378. The lowest BCUT2D eigenvalue weighted by Crippen LogP contribution is -2.13. The maximum absolute atomic E-state index is 13.5. The Morgan fingerprint density at radius 2 is 1.80 bits per heavy atom. The first-order valence-electron chi connectivity index (χ1n) is 9.28. The molecule has 150 valence electrons. The fraction of sp³-hybridized carbons (Fsp3) is 0.0870. The van der Waals surface area contributed by atoms with Gasteiger partial charge in [0.15, 0.2) is 0 Å². The summed E-state index contributed by atoms with van der Waals surface area (Å²) in [4.78, 5) is 15.1. The van der Waals surface area contributed by atoms with Crippen LogP contribution in [0, 0.1) is 22.9 Å². The van der Waals surface area contributed by atoms with Crippen molar-refractivity contribution in [2.24, 2.45) is 0 Å². The van der Waals surface area contributed by atoms with Crippen molar-refractivity contribution in [1.82, 2.24) is 4.98 Å². The second kappa shape index (κ2) is 7.79. The Morgan fingerprint density at radius 1 is 1.07 bits per heavy atom. The minimum atomic E-state index is -0.584. The standard InChI is InChI=1S/C23H18FN3O3/c1-14-5-6-16-9-12-20(23(28)22(16)25-14)21(15-7-10-17(24)11-8-15)26-18-3-2-4-19(13-18)27(29)30/h2-13,21,26,28H,1H3. The largest absolute Gasteiger partial charge is 0.505 e. The quantitative estimate of drug-likeness (QED) is 0.339. The summed E-state index contributed by atoms with van der Waals surface area (Å²) in [6, 6.07) is 18.7. The SMILES string of the molecule is Cc1ccc2ccc(C(Nc3cccc([N+](=O)[O-])c3)c3ccc(F)cc3)c(O)c2n1. The molecule has 0 saturated carbocycles. The van der Waals surface area contributed by atoms with Crippen LogP contribution >= 0.6 is 0 Å². The van der Waals surface area contributed by atoms with Gasteiger partial charge in [-0.2, -0.15) is 0 Å². The normalized spacial score (nSPS) is 11.9. The van der Waals surface area contributed by atoms with Crippen LogP contribution in [0.1, 0.15) is 22.9 Å². The van der Waals surface area contributed by atoms with Gasteiger partial charge in [-0.15, -0.1) is 0 Å². The summed E-state index contributed by atoms with van der Waals surface area (Å²) in [6.07, 6.45) is 0. The van der Waals surface area contributed by atoms with Gasteiger partial charge in [0, 0.05) is 34.5 Å². The number of aromatic nitrogens is 1. The maximum atomic E-state index is 13.5. The molecule has 4 aromatic rings. The van der Waals surface area contributed by atoms with Crippen LogP contribution in [-0.4, -0.2) is 15.0 Å². The number of non-ortho nitro benzene ring substituents is 1. The molecule has 1 heterocycles. The van der Waals surface area contributed by atoms with Gasteiger partial charge in [-0.1, -0.05) is 36.4 Å². The molecule has 2 N–H and O–H groups in total. The molecule has 0 aliphatic carbocycles. The van der Waals surface area contributed by atoms with Gasteiger partial charge >= 0.3 is 0 Å². The minimum absolute atomic E-state index is 0.00320. The minimum Gasteiger partial charge on any atom is -0.505 e. The molecule has 0 aliphatic heterocycles. The van der Waals surface area contributed by atoms with Crippen LogP contribution in [0.5, 0.6) is 5.75 Å². The van der Waals surface area contributed by atoms with Crippen molar-refractivity contribution >= 4 is 22.3 Å². The highest BCUT2D eigenvalue weighted by molar-refractivity contribution is 5.86. The first kappa shape index (κ1) is 19.3. The van der Waals surface area contributed by atoms with E-state index in [0.717, 1.165) is 11.1 Å². The molecular formula is C23H18FN3O3. The molecule has 6 nitrogen and oxygen atoms in total. The lowest BCUT2D eigenvalue weighted by Gasteiger charge is -2.22. The summed E-state index contributed by atoms with van der Waals surface area (Å²) in [7, 11) is 0. The molecule has 1 aromatic heterocycles. The number of fused-ring (bicyclic) bond motifs is 1. The number of nitrogens with zero attached hydrogens (tertiary/aromatic N) is 2. The van der Waals surface area contributed by atoms with Crippen LogP contribution in [0.2, 0.25) is 0 Å². The Labute approximate surface area is 171 Å². The third-order valence-corrected chi connectivity index (χ3v) is 4.89. The van der Waals surface area contributed by atoms with E-state index in [9.17, 15) is 19.6 Å². The van der Waals surface area contributed by atoms with Crippen LogP contribution in [0.25, 0.3) is 10.9 Å². The lowest BCUT2D eigenvalue weighted by molar-refractivity contribution is -0.384. The van der Waals surface area contributed by atoms with Crippen molar-refractivity contribution in [3.05, 3.63) is 106 Å². The predicted molar refractivity (Wildman–Crippen MR) is 113 cm³/mol. The number of phenols is 1. The molecular weight excluding hydrogens is 385 g/mol. The molecule has 0 amide bonds. The number of anilines is 1. The Balaban J connectivity index is 1.85. The zero-order valence-electron chi connectivity index (χ0n) is 16.0. The Hall–Kier alpha value is -4.00. The number of phenolic OH excluding ortho intramolecular Hbond substituents is 1. The number of benzene rings is 3. The van der Waals surface area contributed by atoms with Crippen molar-refractivity contribution in [3.63, 3.8) is 0 Å². The van der Waals surface area contributed by atoms with Crippen molar-refractivity contribution in [1.29, 1.82) is 0 Å². The average Bonchev–Trinajstić information content (AvgIpc) is 2.74. The monoisotopic (exact) mass is 403 g/mol. The number of nitrogens with one attached hydrogen (secondary N) is 1. The topological polar surface area (TPSA) is 88.3 Å². The first-order valence-corrected chi connectivity index (χ1v) is 9.28. The fourth-order valence-electron chi connectivity index (χ4n) is 3.39. The van der Waals surface area contributed by atoms with E-state index in [2.05, 4.69) is 10.3 Å². The second-order valence-corrected chi connectivity index (χ2v) is 6.96. The molecule has 1 atom stereocenters. The summed E-state index contributed by atoms with van der Waals surface area (Å²) < 4.78 is 13.5. The van der Waals surface area contributed by atoms with E-state index in [4.69, 9.17) is 0 Å². The van der Waals surface area contributed by atoms with Gasteiger partial charge < -0.3 is 10.4 Å². The number of aryl methyl sites for hydroxylation is 1. The number of rotatable bonds is 5. The van der Waals surface area contributed by atoms with Crippen molar-refractivity contribution in [3.8, 4) is 5.75 Å². The number of halogens is 1. The van der Waals surface area contributed by atoms with Gasteiger partial charge in [-0.3, -0.25) is 10.1 Å². The molecule has 1 unspecified atom stereocenters. The molecule has 0 radical (unpaired) electrons. The van der Waals surface area contributed by atoms with Gasteiger partial charge in [0.25, 0.3) is 5.69 Å². The second-order valence-electron chi connectivity index (χ2n) is 6.96. The van der Waals surface area contributed by atoms with Gasteiger partial charge in [0.1, 0.15) is 17.1 Å². The van der Waals surface area contributed by atoms with Gasteiger partial charge in [-0.05, 0) is 36.8 Å². The zero-order chi connectivity index (χ0) is 21.3. The Kier molecular flexibility index (Phi) is 5.02. The smallest absolute Gasteiger partial charge is 0.271 e. The third-order valence-electron chi connectivity index (χ3n) is 4.89. The van der Waals surface area contributed by atoms with Gasteiger partial charge in [0.05, 0.1) is 11.0 Å². The Bertz CT molecular complexity index is 1240. The fourth-order valence-corrected chi connectivity index (χ4v) is 3.39. The van der Waals surface area contributed by atoms with Crippen LogP contribution in [0.3, 0.4) is 0 Å². The van der Waals surface area contributed by atoms with E-state index in [1.807, 2.05) is 25.1 Å². The summed E-state index contributed by atoms with van der Waals surface area (Å²) >= 11 is 0. The highest BCUT2D eigenvalue weighted by atomic mass is 19.1. The van der Waals surface area contributed by atoms with E-state index >= 15 is 0 Å². The zero-order valence-corrected chi connectivity index (χ0v) is 16.0. The Morgan fingerprint density at radius 3 is 2.53 bits per heavy atom. The summed E-state index contributed by atoms with van der Waals surface area (Å²) in [5, 5.41) is 26.2. The third kappa shape index (κ3) is 3.77. The molecule has 3 aromatic carbocycles. The van der Waals surface area contributed by atoms with Gasteiger partial charge in [-0.25, -0.2) is 9.37 Å². The molecule has 0 aliphatic rings. The number of nitro benzene ring substituents is 1. The molecule has 7 heteroatoms. The van der Waals surface area contributed by atoms with Crippen LogP contribution < -0.4 is 5.32 Å². The molecule has 0 bridgehead atoms. The number of aromatic hydroxyl groups is 1. The average molecular weight is 403 g/mol. The van der Waals surface area contributed by atoms with E-state index in [1.54, 1.807) is 30.3 Å². The summed E-state index contributed by atoms with van der Waals surface area (Å²) in [6.45, 7) is 1.84. The molecule has 0 fully saturated rings.